The van der Waals surface area contributed by atoms with Crippen LogP contribution in [0.2, 0.25) is 0 Å². The molecule has 4 aromatic rings. The Kier molecular flexibility index (Phi) is 11.4. The van der Waals surface area contributed by atoms with Gasteiger partial charge in [-0.25, -0.2) is 0 Å². The van der Waals surface area contributed by atoms with Crippen molar-refractivity contribution in [3.8, 4) is 11.5 Å². The second-order valence-corrected chi connectivity index (χ2v) is 10.8. The molecule has 0 spiro atoms. The van der Waals surface area contributed by atoms with Gasteiger partial charge >= 0.3 is 11.9 Å². The average Bonchev–Trinajstić information content (AvgIpc) is 3.32. The second kappa shape index (κ2) is 15.6. The minimum absolute atomic E-state index is 0.0650. The lowest BCUT2D eigenvalue weighted by Crippen LogP contribution is -2.05. The smallest absolute Gasteiger partial charge is 0.307 e. The van der Waals surface area contributed by atoms with Crippen molar-refractivity contribution in [3.63, 3.8) is 0 Å². The zero-order valence-corrected chi connectivity index (χ0v) is 25.1. The third kappa shape index (κ3) is 8.98. The summed E-state index contributed by atoms with van der Waals surface area (Å²) in [5.41, 5.74) is 5.99. The first kappa shape index (κ1) is 31.4. The van der Waals surface area contributed by atoms with E-state index in [0.717, 1.165) is 59.2 Å². The summed E-state index contributed by atoms with van der Waals surface area (Å²) < 4.78 is 14.0. The zero-order valence-electron chi connectivity index (χ0n) is 25.1. The Morgan fingerprint density at radius 2 is 1.58 bits per heavy atom. The van der Waals surface area contributed by atoms with Gasteiger partial charge in [-0.05, 0) is 78.6 Å². The van der Waals surface area contributed by atoms with Crippen molar-refractivity contribution in [1.29, 1.82) is 0 Å². The summed E-state index contributed by atoms with van der Waals surface area (Å²) in [7, 11) is 0. The molecular weight excluding hydrogens is 542 g/mol. The highest BCUT2D eigenvalue weighted by molar-refractivity contribution is 5.96. The number of carbonyl (C=O) groups is 2. The fourth-order valence-corrected chi connectivity index (χ4v) is 5.31. The van der Waals surface area contributed by atoms with E-state index in [2.05, 4.69) is 32.0 Å². The fraction of sp³-hybridized carbons (Fsp3) is 0.333. The topological polar surface area (TPSA) is 98.0 Å². The highest BCUT2D eigenvalue weighted by atomic mass is 16.5. The molecule has 0 aliphatic rings. The first-order valence-electron chi connectivity index (χ1n) is 15.0. The molecular formula is C36H41NO6. The summed E-state index contributed by atoms with van der Waals surface area (Å²) in [4.78, 5) is 22.5. The summed E-state index contributed by atoms with van der Waals surface area (Å²) in [6, 6.07) is 20.1. The SMILES string of the molecule is CCCc1cccc(C)c1OCCCCOc1ccc(C=Cc2cccc3c2c(CC(=O)O)cn3CCCC(=O)O)cc1. The number of hydrogen-bond acceptors (Lipinski definition) is 4. The number of carboxylic acid groups (broad SMARTS) is 2. The second-order valence-electron chi connectivity index (χ2n) is 10.8. The van der Waals surface area contributed by atoms with E-state index in [0.29, 0.717) is 31.7 Å². The molecule has 0 amide bonds. The van der Waals surface area contributed by atoms with Crippen molar-refractivity contribution in [2.75, 3.05) is 13.2 Å². The molecule has 7 heteroatoms. The maximum absolute atomic E-state index is 11.6. The predicted molar refractivity (Wildman–Crippen MR) is 171 cm³/mol. The van der Waals surface area contributed by atoms with Crippen molar-refractivity contribution in [2.24, 2.45) is 0 Å². The van der Waals surface area contributed by atoms with Crippen LogP contribution in [-0.2, 0) is 29.0 Å². The molecule has 0 radical (unpaired) electrons. The Morgan fingerprint density at radius 1 is 0.837 bits per heavy atom. The van der Waals surface area contributed by atoms with Crippen LogP contribution in [0.15, 0.2) is 66.9 Å². The minimum Gasteiger partial charge on any atom is -0.494 e. The summed E-state index contributed by atoms with van der Waals surface area (Å²) in [6.07, 6.45) is 10.2. The molecule has 43 heavy (non-hydrogen) atoms. The molecule has 226 valence electrons. The van der Waals surface area contributed by atoms with Gasteiger partial charge in [0.25, 0.3) is 0 Å². The van der Waals surface area contributed by atoms with Crippen LogP contribution in [0.25, 0.3) is 23.1 Å². The Hall–Kier alpha value is -4.52. The molecule has 7 nitrogen and oxygen atoms in total. The normalized spacial score (nSPS) is 11.3. The number of hydrogen-bond donors (Lipinski definition) is 2. The van der Waals surface area contributed by atoms with Crippen molar-refractivity contribution >= 4 is 35.0 Å². The largest absolute Gasteiger partial charge is 0.494 e. The number of aliphatic carboxylic acids is 2. The lowest BCUT2D eigenvalue weighted by Gasteiger charge is -2.14. The lowest BCUT2D eigenvalue weighted by atomic mass is 10.0. The molecule has 1 heterocycles. The molecule has 1 aromatic heterocycles. The van der Waals surface area contributed by atoms with Crippen molar-refractivity contribution in [3.05, 3.63) is 94.7 Å². The van der Waals surface area contributed by atoms with E-state index in [9.17, 15) is 14.7 Å². The quantitative estimate of drug-likeness (QED) is 0.0972. The number of carboxylic acids is 2. The molecule has 0 saturated carbocycles. The lowest BCUT2D eigenvalue weighted by molar-refractivity contribution is -0.137. The number of nitrogens with zero attached hydrogens (tertiary/aromatic N) is 1. The standard InChI is InChI=1S/C36H41NO6/c1-3-9-29-12-6-10-26(2)36(29)43-23-5-4-22-42-31-19-16-27(17-20-31)15-18-28-11-7-13-32-35(28)30(24-34(40)41)25-37(32)21-8-14-33(38)39/h6-7,10-13,15-20,25H,3-5,8-9,14,21-24H2,1-2H3,(H,38,39)(H,40,41). The van der Waals surface area contributed by atoms with Gasteiger partial charge < -0.3 is 24.3 Å². The van der Waals surface area contributed by atoms with Gasteiger partial charge in [0.05, 0.1) is 19.6 Å². The molecule has 2 N–H and O–H groups in total. The molecule has 0 aliphatic carbocycles. The van der Waals surface area contributed by atoms with Crippen LogP contribution in [0, 0.1) is 6.92 Å². The van der Waals surface area contributed by atoms with Crippen LogP contribution in [0.1, 0.15) is 66.8 Å². The molecule has 0 fully saturated rings. The maximum Gasteiger partial charge on any atom is 0.307 e. The Morgan fingerprint density at radius 3 is 2.30 bits per heavy atom. The summed E-state index contributed by atoms with van der Waals surface area (Å²) >= 11 is 0. The summed E-state index contributed by atoms with van der Waals surface area (Å²) in [6.45, 7) is 6.07. The van der Waals surface area contributed by atoms with Gasteiger partial charge in [0.1, 0.15) is 11.5 Å². The van der Waals surface area contributed by atoms with Gasteiger partial charge in [-0.2, -0.15) is 0 Å². The number of rotatable bonds is 17. The van der Waals surface area contributed by atoms with Crippen molar-refractivity contribution < 1.29 is 29.3 Å². The fourth-order valence-electron chi connectivity index (χ4n) is 5.31. The minimum atomic E-state index is -0.904. The first-order valence-corrected chi connectivity index (χ1v) is 15.0. The van der Waals surface area contributed by atoms with Crippen LogP contribution < -0.4 is 9.47 Å². The van der Waals surface area contributed by atoms with Crippen LogP contribution >= 0.6 is 0 Å². The van der Waals surface area contributed by atoms with E-state index in [1.165, 1.54) is 11.1 Å². The third-order valence-electron chi connectivity index (χ3n) is 7.35. The molecule has 0 aliphatic heterocycles. The number of para-hydroxylation sites is 1. The van der Waals surface area contributed by atoms with E-state index in [-0.39, 0.29) is 12.8 Å². The van der Waals surface area contributed by atoms with Crippen molar-refractivity contribution in [1.82, 2.24) is 4.57 Å². The highest BCUT2D eigenvalue weighted by Crippen LogP contribution is 2.29. The monoisotopic (exact) mass is 583 g/mol. The van der Waals surface area contributed by atoms with Gasteiger partial charge in [0.2, 0.25) is 0 Å². The van der Waals surface area contributed by atoms with Gasteiger partial charge in [-0.1, -0.05) is 68.0 Å². The Bertz CT molecular complexity index is 1550. The van der Waals surface area contributed by atoms with E-state index < -0.39 is 11.9 Å². The Balaban J connectivity index is 1.33. The first-order chi connectivity index (χ1) is 20.9. The van der Waals surface area contributed by atoms with Crippen molar-refractivity contribution in [2.45, 2.75) is 65.3 Å². The molecule has 0 atom stereocenters. The Labute approximate surface area is 253 Å². The number of aryl methyl sites for hydroxylation is 3. The van der Waals surface area contributed by atoms with Crippen LogP contribution in [0.3, 0.4) is 0 Å². The van der Waals surface area contributed by atoms with Gasteiger partial charge in [0, 0.05) is 30.1 Å². The average molecular weight is 584 g/mol. The molecule has 3 aromatic carbocycles. The molecule has 0 unspecified atom stereocenters. The number of unbranched alkanes of at least 4 members (excludes halogenated alkanes) is 1. The van der Waals surface area contributed by atoms with Crippen LogP contribution in [0.4, 0.5) is 0 Å². The summed E-state index contributed by atoms with van der Waals surface area (Å²) in [5.74, 6) is 0.0912. The summed E-state index contributed by atoms with van der Waals surface area (Å²) in [5, 5.41) is 19.4. The van der Waals surface area contributed by atoms with E-state index in [4.69, 9.17) is 14.6 Å². The van der Waals surface area contributed by atoms with Crippen LogP contribution in [-0.4, -0.2) is 39.9 Å². The number of aromatic nitrogens is 1. The van der Waals surface area contributed by atoms with Gasteiger partial charge in [0.15, 0.2) is 0 Å². The molecule has 4 rings (SSSR count). The molecule has 0 saturated heterocycles. The zero-order chi connectivity index (χ0) is 30.6. The number of benzene rings is 3. The van der Waals surface area contributed by atoms with Gasteiger partial charge in [-0.3, -0.25) is 9.59 Å². The third-order valence-corrected chi connectivity index (χ3v) is 7.35. The molecule has 0 bridgehead atoms. The van der Waals surface area contributed by atoms with E-state index in [1.54, 1.807) is 0 Å². The predicted octanol–water partition coefficient (Wildman–Crippen LogP) is 7.80. The van der Waals surface area contributed by atoms with E-state index >= 15 is 0 Å². The number of ether oxygens (including phenoxy) is 2. The van der Waals surface area contributed by atoms with Gasteiger partial charge in [-0.15, -0.1) is 0 Å². The maximum atomic E-state index is 11.6. The number of fused-ring (bicyclic) bond motifs is 1. The highest BCUT2D eigenvalue weighted by Gasteiger charge is 2.14. The van der Waals surface area contributed by atoms with E-state index in [1.807, 2.05) is 65.4 Å². The van der Waals surface area contributed by atoms with Crippen LogP contribution in [0.5, 0.6) is 11.5 Å².